The number of aliphatic hydroxyl groups is 1. The maximum Gasteiger partial charge on any atom is 0.118 e. The molecule has 1 heterocycles. The molecular formula is C25H27NO. The van der Waals surface area contributed by atoms with Crippen LogP contribution in [0.4, 0.5) is 0 Å². The summed E-state index contributed by atoms with van der Waals surface area (Å²) in [5.74, 6) is 0.385. The highest BCUT2D eigenvalue weighted by molar-refractivity contribution is 5.39. The van der Waals surface area contributed by atoms with Crippen molar-refractivity contribution in [1.29, 1.82) is 0 Å². The van der Waals surface area contributed by atoms with Crippen molar-refractivity contribution >= 4 is 0 Å². The van der Waals surface area contributed by atoms with Crippen molar-refractivity contribution in [3.63, 3.8) is 0 Å². The first-order chi connectivity index (χ1) is 13.2. The minimum atomic E-state index is -1.01. The summed E-state index contributed by atoms with van der Waals surface area (Å²) in [7, 11) is 2.18. The molecule has 3 aromatic carbocycles. The third kappa shape index (κ3) is 3.43. The highest BCUT2D eigenvalue weighted by Crippen LogP contribution is 2.47. The molecule has 4 rings (SSSR count). The molecule has 1 aliphatic rings. The van der Waals surface area contributed by atoms with Crippen molar-refractivity contribution in [2.45, 2.75) is 17.9 Å². The molecule has 0 unspecified atom stereocenters. The minimum absolute atomic E-state index is 0.112. The fourth-order valence-corrected chi connectivity index (χ4v) is 4.63. The maximum atomic E-state index is 12.3. The van der Waals surface area contributed by atoms with Crippen molar-refractivity contribution in [3.8, 4) is 0 Å². The standard InChI is InChI=1S/C25H27NO/c1-26-18-17-24(23(19-26)20-11-5-2-6-12-20)25(27,21-13-7-3-8-14-21)22-15-9-4-10-16-22/h2-16,23-24,27H,17-19H2,1H3/t23-,24-/m0/s1. The van der Waals surface area contributed by atoms with E-state index in [0.29, 0.717) is 0 Å². The highest BCUT2D eigenvalue weighted by Gasteiger charge is 2.46. The largest absolute Gasteiger partial charge is 0.380 e. The van der Waals surface area contributed by atoms with Crippen LogP contribution in [0.25, 0.3) is 0 Å². The van der Waals surface area contributed by atoms with E-state index in [1.165, 1.54) is 5.56 Å². The number of likely N-dealkylation sites (N-methyl/N-ethyl adjacent to an activating group) is 1. The smallest absolute Gasteiger partial charge is 0.118 e. The molecule has 0 aromatic heterocycles. The summed E-state index contributed by atoms with van der Waals surface area (Å²) in [5, 5.41) is 12.3. The second-order valence-corrected chi connectivity index (χ2v) is 7.67. The van der Waals surface area contributed by atoms with Crippen molar-refractivity contribution < 1.29 is 5.11 Å². The molecule has 1 fully saturated rings. The lowest BCUT2D eigenvalue weighted by atomic mass is 9.66. The zero-order valence-corrected chi connectivity index (χ0v) is 15.8. The first kappa shape index (κ1) is 18.0. The monoisotopic (exact) mass is 357 g/mol. The van der Waals surface area contributed by atoms with Gasteiger partial charge in [0.05, 0.1) is 0 Å². The molecule has 0 spiro atoms. The van der Waals surface area contributed by atoms with Gasteiger partial charge in [-0.05, 0) is 36.7 Å². The summed E-state index contributed by atoms with van der Waals surface area (Å²) in [6.45, 7) is 1.95. The quantitative estimate of drug-likeness (QED) is 0.734. The van der Waals surface area contributed by atoms with Gasteiger partial charge in [0.2, 0.25) is 0 Å². The van der Waals surface area contributed by atoms with Crippen LogP contribution in [-0.4, -0.2) is 30.1 Å². The van der Waals surface area contributed by atoms with E-state index >= 15 is 0 Å². The number of nitrogens with zero attached hydrogens (tertiary/aromatic N) is 1. The lowest BCUT2D eigenvalue weighted by Crippen LogP contribution is -2.47. The van der Waals surface area contributed by atoms with Gasteiger partial charge in [-0.15, -0.1) is 0 Å². The normalized spacial score (nSPS) is 21.1. The van der Waals surface area contributed by atoms with E-state index < -0.39 is 5.60 Å². The van der Waals surface area contributed by atoms with E-state index in [9.17, 15) is 5.11 Å². The Bertz CT molecular complexity index is 808. The molecule has 2 nitrogen and oxygen atoms in total. The van der Waals surface area contributed by atoms with Crippen LogP contribution in [0.15, 0.2) is 91.0 Å². The first-order valence-corrected chi connectivity index (χ1v) is 9.76. The van der Waals surface area contributed by atoms with Gasteiger partial charge >= 0.3 is 0 Å². The van der Waals surface area contributed by atoms with E-state index in [2.05, 4.69) is 66.5 Å². The molecule has 0 amide bonds. The predicted molar refractivity (Wildman–Crippen MR) is 111 cm³/mol. The zero-order valence-electron chi connectivity index (χ0n) is 15.8. The second kappa shape index (κ2) is 7.67. The molecule has 2 atom stereocenters. The molecule has 0 bridgehead atoms. The van der Waals surface area contributed by atoms with Gasteiger partial charge in [0.15, 0.2) is 0 Å². The number of hydrogen-bond acceptors (Lipinski definition) is 2. The van der Waals surface area contributed by atoms with E-state index in [4.69, 9.17) is 0 Å². The van der Waals surface area contributed by atoms with Crippen LogP contribution in [0.1, 0.15) is 29.0 Å². The van der Waals surface area contributed by atoms with Gasteiger partial charge in [0.1, 0.15) is 5.60 Å². The lowest BCUT2D eigenvalue weighted by molar-refractivity contribution is -0.0229. The Morgan fingerprint density at radius 3 is 1.78 bits per heavy atom. The fraction of sp³-hybridized carbons (Fsp3) is 0.280. The summed E-state index contributed by atoms with van der Waals surface area (Å²) >= 11 is 0. The Hall–Kier alpha value is -2.42. The Morgan fingerprint density at radius 1 is 0.778 bits per heavy atom. The molecule has 27 heavy (non-hydrogen) atoms. The van der Waals surface area contributed by atoms with Crippen LogP contribution in [0.2, 0.25) is 0 Å². The Morgan fingerprint density at radius 2 is 1.26 bits per heavy atom. The molecule has 3 aromatic rings. The lowest BCUT2D eigenvalue weighted by Gasteiger charge is -2.46. The molecule has 138 valence electrons. The number of hydrogen-bond donors (Lipinski definition) is 1. The van der Waals surface area contributed by atoms with Gasteiger partial charge in [0, 0.05) is 18.4 Å². The topological polar surface area (TPSA) is 23.5 Å². The van der Waals surface area contributed by atoms with E-state index in [0.717, 1.165) is 30.6 Å². The average molecular weight is 357 g/mol. The second-order valence-electron chi connectivity index (χ2n) is 7.67. The van der Waals surface area contributed by atoms with E-state index in [-0.39, 0.29) is 11.8 Å². The van der Waals surface area contributed by atoms with Crippen molar-refractivity contribution in [2.24, 2.45) is 5.92 Å². The molecule has 1 saturated heterocycles. The predicted octanol–water partition coefficient (Wildman–Crippen LogP) is 4.66. The summed E-state index contributed by atoms with van der Waals surface area (Å²) < 4.78 is 0. The summed E-state index contributed by atoms with van der Waals surface area (Å²) in [5.41, 5.74) is 2.25. The third-order valence-corrected chi connectivity index (χ3v) is 6.01. The SMILES string of the molecule is CN1CC[C@H](C(O)(c2ccccc2)c2ccccc2)[C@H](c2ccccc2)C1. The summed E-state index contributed by atoms with van der Waals surface area (Å²) in [6, 6.07) is 31.0. The van der Waals surface area contributed by atoms with Gasteiger partial charge in [-0.3, -0.25) is 0 Å². The van der Waals surface area contributed by atoms with Crippen molar-refractivity contribution in [3.05, 3.63) is 108 Å². The molecule has 2 heteroatoms. The van der Waals surface area contributed by atoms with Gasteiger partial charge < -0.3 is 10.0 Å². The van der Waals surface area contributed by atoms with Crippen molar-refractivity contribution in [2.75, 3.05) is 20.1 Å². The number of piperidine rings is 1. The van der Waals surface area contributed by atoms with Crippen LogP contribution < -0.4 is 0 Å². The highest BCUT2D eigenvalue weighted by atomic mass is 16.3. The number of rotatable bonds is 4. The van der Waals surface area contributed by atoms with E-state index in [1.54, 1.807) is 0 Å². The zero-order chi connectivity index (χ0) is 18.7. The maximum absolute atomic E-state index is 12.3. The Labute approximate surface area is 162 Å². The van der Waals surface area contributed by atoms with Gasteiger partial charge in [-0.25, -0.2) is 0 Å². The molecule has 1 N–H and O–H groups in total. The first-order valence-electron chi connectivity index (χ1n) is 9.76. The number of benzene rings is 3. The number of likely N-dealkylation sites (tertiary alicyclic amines) is 1. The van der Waals surface area contributed by atoms with E-state index in [1.807, 2.05) is 36.4 Å². The third-order valence-electron chi connectivity index (χ3n) is 6.01. The minimum Gasteiger partial charge on any atom is -0.380 e. The Balaban J connectivity index is 1.85. The van der Waals surface area contributed by atoms with Gasteiger partial charge in [0.25, 0.3) is 0 Å². The molecule has 0 saturated carbocycles. The van der Waals surface area contributed by atoms with Crippen LogP contribution in [-0.2, 0) is 5.60 Å². The Kier molecular flexibility index (Phi) is 5.11. The van der Waals surface area contributed by atoms with Gasteiger partial charge in [-0.1, -0.05) is 91.0 Å². The summed E-state index contributed by atoms with van der Waals surface area (Å²) in [4.78, 5) is 2.38. The van der Waals surface area contributed by atoms with Crippen LogP contribution >= 0.6 is 0 Å². The summed E-state index contributed by atoms with van der Waals surface area (Å²) in [6.07, 6.45) is 0.955. The fourth-order valence-electron chi connectivity index (χ4n) is 4.63. The van der Waals surface area contributed by atoms with Crippen LogP contribution in [0.5, 0.6) is 0 Å². The van der Waals surface area contributed by atoms with Crippen molar-refractivity contribution in [1.82, 2.24) is 4.90 Å². The molecule has 1 aliphatic heterocycles. The molecular weight excluding hydrogens is 330 g/mol. The molecule has 0 radical (unpaired) electrons. The van der Waals surface area contributed by atoms with Crippen LogP contribution in [0, 0.1) is 5.92 Å². The molecule has 0 aliphatic carbocycles. The van der Waals surface area contributed by atoms with Crippen LogP contribution in [0.3, 0.4) is 0 Å². The van der Waals surface area contributed by atoms with Gasteiger partial charge in [-0.2, -0.15) is 0 Å². The average Bonchev–Trinajstić information content (AvgIpc) is 2.75.